The minimum Gasteiger partial charge on any atom is -0.444 e. The Hall–Kier alpha value is -3.73. The van der Waals surface area contributed by atoms with Gasteiger partial charge in [0, 0.05) is 28.9 Å². The van der Waals surface area contributed by atoms with Gasteiger partial charge in [-0.25, -0.2) is 9.59 Å². The first-order valence-corrected chi connectivity index (χ1v) is 14.5. The van der Waals surface area contributed by atoms with Crippen molar-refractivity contribution in [3.63, 3.8) is 0 Å². The minimum absolute atomic E-state index is 0.0842. The van der Waals surface area contributed by atoms with Crippen LogP contribution in [0.1, 0.15) is 53.5 Å². The lowest BCUT2D eigenvalue weighted by atomic mass is 10.1. The van der Waals surface area contributed by atoms with Crippen LogP contribution < -0.4 is 16.0 Å². The van der Waals surface area contributed by atoms with Crippen molar-refractivity contribution in [2.24, 2.45) is 0 Å². The van der Waals surface area contributed by atoms with Crippen molar-refractivity contribution in [2.45, 2.75) is 81.9 Å². The summed E-state index contributed by atoms with van der Waals surface area (Å²) in [4.78, 5) is 53.2. The molecule has 0 bridgehead atoms. The van der Waals surface area contributed by atoms with Gasteiger partial charge < -0.3 is 25.4 Å². The molecule has 3 N–H and O–H groups in total. The van der Waals surface area contributed by atoms with Crippen molar-refractivity contribution in [3.05, 3.63) is 60.2 Å². The van der Waals surface area contributed by atoms with E-state index in [1.54, 1.807) is 53.3 Å². The molecule has 10 nitrogen and oxygen atoms in total. The molecule has 0 aliphatic carbocycles. The van der Waals surface area contributed by atoms with Gasteiger partial charge in [-0.05, 0) is 77.8 Å². The highest BCUT2D eigenvalue weighted by Crippen LogP contribution is 2.25. The van der Waals surface area contributed by atoms with Gasteiger partial charge in [0.05, 0.1) is 0 Å². The molecule has 0 aromatic heterocycles. The van der Waals surface area contributed by atoms with E-state index >= 15 is 0 Å². The fraction of sp³-hybridized carbons (Fsp3) is 0.467. The lowest BCUT2D eigenvalue weighted by Gasteiger charge is -2.28. The minimum atomic E-state index is -0.859. The normalized spacial score (nSPS) is 17.0. The molecule has 41 heavy (non-hydrogen) atoms. The topological polar surface area (TPSA) is 126 Å². The van der Waals surface area contributed by atoms with E-state index in [0.29, 0.717) is 5.69 Å². The van der Waals surface area contributed by atoms with Gasteiger partial charge in [-0.1, -0.05) is 30.3 Å². The summed E-state index contributed by atoms with van der Waals surface area (Å²) in [6, 6.07) is 16.3. The molecule has 1 saturated heterocycles. The van der Waals surface area contributed by atoms with Crippen molar-refractivity contribution in [1.82, 2.24) is 15.5 Å². The molecule has 3 rings (SSSR count). The molecule has 0 spiro atoms. The molecule has 2 aromatic carbocycles. The predicted molar refractivity (Wildman–Crippen MR) is 159 cm³/mol. The van der Waals surface area contributed by atoms with E-state index in [9.17, 15) is 19.2 Å². The fourth-order valence-corrected chi connectivity index (χ4v) is 4.93. The summed E-state index contributed by atoms with van der Waals surface area (Å²) >= 11 is 1.72. The maximum absolute atomic E-state index is 13.3. The number of alkyl carbamates (subject to hydrolysis) is 1. The van der Waals surface area contributed by atoms with Crippen LogP contribution in [0.5, 0.6) is 0 Å². The summed E-state index contributed by atoms with van der Waals surface area (Å²) in [5, 5.41) is 8.08. The summed E-state index contributed by atoms with van der Waals surface area (Å²) in [6.45, 7) is 10.2. The number of ether oxygens (including phenoxy) is 2. The number of rotatable bonds is 8. The van der Waals surface area contributed by atoms with Gasteiger partial charge in [-0.15, -0.1) is 11.8 Å². The molecular weight excluding hydrogens is 544 g/mol. The summed E-state index contributed by atoms with van der Waals surface area (Å²) in [5.41, 5.74) is 0.254. The van der Waals surface area contributed by atoms with Gasteiger partial charge in [0.25, 0.3) is 0 Å². The van der Waals surface area contributed by atoms with Crippen LogP contribution in [0, 0.1) is 0 Å². The zero-order chi connectivity index (χ0) is 30.2. The summed E-state index contributed by atoms with van der Waals surface area (Å²) in [5.74, 6) is -0.0572. The maximum Gasteiger partial charge on any atom is 0.411 e. The monoisotopic (exact) mass is 584 g/mol. The molecule has 0 radical (unpaired) electrons. The lowest BCUT2D eigenvalue weighted by molar-refractivity contribution is -0.121. The number of likely N-dealkylation sites (tertiary alicyclic amines) is 1. The molecule has 0 saturated carbocycles. The van der Waals surface area contributed by atoms with Crippen LogP contribution in [0.4, 0.5) is 15.3 Å². The molecule has 1 fully saturated rings. The lowest BCUT2D eigenvalue weighted by Crippen LogP contribution is -2.46. The molecule has 2 aromatic rings. The summed E-state index contributed by atoms with van der Waals surface area (Å²) in [7, 11) is 0. The van der Waals surface area contributed by atoms with Gasteiger partial charge in [-0.3, -0.25) is 14.5 Å². The molecule has 1 heterocycles. The number of nitrogens with zero attached hydrogens (tertiary/aromatic N) is 1. The van der Waals surface area contributed by atoms with Crippen LogP contribution in [0.25, 0.3) is 0 Å². The largest absolute Gasteiger partial charge is 0.444 e. The number of carbonyl (C=O) groups excluding carboxylic acids is 4. The van der Waals surface area contributed by atoms with Gasteiger partial charge in [0.1, 0.15) is 23.8 Å². The number of hydrogen-bond donors (Lipinski definition) is 3. The average Bonchev–Trinajstić information content (AvgIpc) is 3.30. The molecule has 222 valence electrons. The van der Waals surface area contributed by atoms with Crippen LogP contribution >= 0.6 is 11.8 Å². The predicted octanol–water partition coefficient (Wildman–Crippen LogP) is 4.94. The van der Waals surface area contributed by atoms with Crippen LogP contribution in [-0.2, 0) is 24.8 Å². The quantitative estimate of drug-likeness (QED) is 0.376. The van der Waals surface area contributed by atoms with Crippen LogP contribution in [-0.4, -0.2) is 65.3 Å². The molecule has 1 aliphatic rings. The van der Waals surface area contributed by atoms with E-state index in [1.165, 1.54) is 9.80 Å². The van der Waals surface area contributed by atoms with Crippen molar-refractivity contribution in [1.29, 1.82) is 0 Å². The van der Waals surface area contributed by atoms with Crippen LogP contribution in [0.3, 0.4) is 0 Å². The maximum atomic E-state index is 13.3. The molecule has 4 amide bonds. The number of amides is 4. The third kappa shape index (κ3) is 11.0. The Morgan fingerprint density at radius 1 is 0.902 bits per heavy atom. The number of benzene rings is 2. The highest BCUT2D eigenvalue weighted by molar-refractivity contribution is 7.98. The standard InChI is InChI=1S/C30H40N4O6S/c1-29(2,3)39-27(37)31-17-25(35)32-22-16-24(34(18-22)28(38)40-30(4,5)6)26(36)33-21-14-12-20(13-15-21)19-41-23-10-8-7-9-11-23/h7-15,22,24H,16-19H2,1-6H3,(H,31,37)(H,32,35)(H,33,36)/t22-,24+/m1/s1. The number of anilines is 1. The second-order valence-electron chi connectivity index (χ2n) is 11.8. The second kappa shape index (κ2) is 13.8. The second-order valence-corrected chi connectivity index (χ2v) is 12.8. The van der Waals surface area contributed by atoms with E-state index < -0.39 is 41.4 Å². The van der Waals surface area contributed by atoms with Crippen molar-refractivity contribution < 1.29 is 28.7 Å². The zero-order valence-corrected chi connectivity index (χ0v) is 25.3. The molecule has 0 unspecified atom stereocenters. The highest BCUT2D eigenvalue weighted by Gasteiger charge is 2.42. The molecule has 1 aliphatic heterocycles. The van der Waals surface area contributed by atoms with E-state index in [0.717, 1.165) is 11.3 Å². The Morgan fingerprint density at radius 2 is 1.54 bits per heavy atom. The highest BCUT2D eigenvalue weighted by atomic mass is 32.2. The van der Waals surface area contributed by atoms with E-state index in [-0.39, 0.29) is 25.4 Å². The van der Waals surface area contributed by atoms with Crippen LogP contribution in [0.15, 0.2) is 59.5 Å². The van der Waals surface area contributed by atoms with Crippen molar-refractivity contribution in [3.8, 4) is 0 Å². The Labute approximate surface area is 245 Å². The van der Waals surface area contributed by atoms with Crippen molar-refractivity contribution in [2.75, 3.05) is 18.4 Å². The smallest absolute Gasteiger partial charge is 0.411 e. The van der Waals surface area contributed by atoms with E-state index in [2.05, 4.69) is 28.1 Å². The Balaban J connectivity index is 1.60. The van der Waals surface area contributed by atoms with Crippen molar-refractivity contribution >= 4 is 41.5 Å². The zero-order valence-electron chi connectivity index (χ0n) is 24.5. The Morgan fingerprint density at radius 3 is 2.15 bits per heavy atom. The fourth-order valence-electron chi connectivity index (χ4n) is 4.05. The van der Waals surface area contributed by atoms with Gasteiger partial charge in [0.15, 0.2) is 0 Å². The molecular formula is C30H40N4O6S. The first-order valence-electron chi connectivity index (χ1n) is 13.5. The SMILES string of the molecule is CC(C)(C)OC(=O)NCC(=O)N[C@@H]1C[C@@H](C(=O)Nc2ccc(CSc3ccccc3)cc2)N(C(=O)OC(C)(C)C)C1. The number of nitrogens with one attached hydrogen (secondary N) is 3. The summed E-state index contributed by atoms with van der Waals surface area (Å²) in [6.07, 6.45) is -1.17. The Bertz CT molecular complexity index is 1210. The number of thioether (sulfide) groups is 1. The number of carbonyl (C=O) groups is 4. The first-order chi connectivity index (χ1) is 19.2. The Kier molecular flexibility index (Phi) is 10.7. The van der Waals surface area contributed by atoms with Gasteiger partial charge in [-0.2, -0.15) is 0 Å². The van der Waals surface area contributed by atoms with Gasteiger partial charge in [0.2, 0.25) is 11.8 Å². The third-order valence-electron chi connectivity index (χ3n) is 5.76. The molecule has 11 heteroatoms. The first kappa shape index (κ1) is 31.8. The average molecular weight is 585 g/mol. The van der Waals surface area contributed by atoms with Crippen LogP contribution in [0.2, 0.25) is 0 Å². The molecule has 2 atom stereocenters. The number of hydrogen-bond acceptors (Lipinski definition) is 7. The van der Waals surface area contributed by atoms with E-state index in [4.69, 9.17) is 9.47 Å². The summed E-state index contributed by atoms with van der Waals surface area (Å²) < 4.78 is 10.7. The van der Waals surface area contributed by atoms with Gasteiger partial charge >= 0.3 is 12.2 Å². The third-order valence-corrected chi connectivity index (χ3v) is 6.84. The van der Waals surface area contributed by atoms with E-state index in [1.807, 2.05) is 42.5 Å².